The number of hydrogen-bond acceptors (Lipinski definition) is 4. The molecule has 1 aromatic carbocycles. The summed E-state index contributed by atoms with van der Waals surface area (Å²) in [6.07, 6.45) is 1.43. The molecule has 100 valence electrons. The number of halogens is 2. The van der Waals surface area contributed by atoms with Crippen LogP contribution in [0.5, 0.6) is 11.6 Å². The predicted molar refractivity (Wildman–Crippen MR) is 79.8 cm³/mol. The first-order valence-electron chi connectivity index (χ1n) is 5.72. The quantitative estimate of drug-likeness (QED) is 0.840. The highest BCUT2D eigenvalue weighted by Crippen LogP contribution is 2.34. The summed E-state index contributed by atoms with van der Waals surface area (Å²) in [6.45, 7) is 4.18. The number of rotatable bonds is 3. The minimum absolute atomic E-state index is 0.104. The maximum Gasteiger partial charge on any atom is 0.247 e. The normalized spacial score (nSPS) is 10.8. The highest BCUT2D eigenvalue weighted by molar-refractivity contribution is 9.10. The molecule has 0 bridgehead atoms. The van der Waals surface area contributed by atoms with Crippen molar-refractivity contribution < 1.29 is 4.74 Å². The Bertz CT molecular complexity index is 604. The van der Waals surface area contributed by atoms with E-state index in [1.807, 2.05) is 18.2 Å². The van der Waals surface area contributed by atoms with Crippen molar-refractivity contribution in [2.45, 2.75) is 19.8 Å². The summed E-state index contributed by atoms with van der Waals surface area (Å²) >= 11 is 9.19. The predicted octanol–water partition coefficient (Wildman–Crippen LogP) is 4.39. The standard InChI is InChI=1S/C13H13BrClN3O/c1-7(2)9-5-8(14)3-4-11(9)19-12-10(16)6-17-13(15)18-12/h3-7H,16H2,1-2H3. The number of nitrogen functional groups attached to an aromatic ring is 1. The smallest absolute Gasteiger partial charge is 0.247 e. The van der Waals surface area contributed by atoms with Crippen molar-refractivity contribution in [3.63, 3.8) is 0 Å². The van der Waals surface area contributed by atoms with Crippen molar-refractivity contribution in [3.05, 3.63) is 39.7 Å². The average molecular weight is 343 g/mol. The molecular weight excluding hydrogens is 330 g/mol. The van der Waals surface area contributed by atoms with Gasteiger partial charge in [-0.15, -0.1) is 0 Å². The third-order valence-corrected chi connectivity index (χ3v) is 3.23. The van der Waals surface area contributed by atoms with Gasteiger partial charge >= 0.3 is 0 Å². The monoisotopic (exact) mass is 341 g/mol. The lowest BCUT2D eigenvalue weighted by Gasteiger charge is -2.14. The number of hydrogen-bond donors (Lipinski definition) is 1. The van der Waals surface area contributed by atoms with E-state index in [0.717, 1.165) is 10.0 Å². The molecule has 0 atom stereocenters. The fourth-order valence-corrected chi connectivity index (χ4v) is 2.11. The molecule has 1 aromatic heterocycles. The summed E-state index contributed by atoms with van der Waals surface area (Å²) in [6, 6.07) is 5.79. The minimum atomic E-state index is 0.104. The summed E-state index contributed by atoms with van der Waals surface area (Å²) in [4.78, 5) is 7.78. The van der Waals surface area contributed by atoms with Crippen LogP contribution in [0.1, 0.15) is 25.3 Å². The van der Waals surface area contributed by atoms with E-state index in [1.165, 1.54) is 6.20 Å². The van der Waals surface area contributed by atoms with E-state index in [4.69, 9.17) is 22.1 Å². The van der Waals surface area contributed by atoms with E-state index < -0.39 is 0 Å². The highest BCUT2D eigenvalue weighted by Gasteiger charge is 2.12. The van der Waals surface area contributed by atoms with Crippen LogP contribution in [0, 0.1) is 0 Å². The topological polar surface area (TPSA) is 61.0 Å². The lowest BCUT2D eigenvalue weighted by Crippen LogP contribution is -2.00. The fraction of sp³-hybridized carbons (Fsp3) is 0.231. The second-order valence-electron chi connectivity index (χ2n) is 4.34. The first kappa shape index (κ1) is 14.1. The molecule has 6 heteroatoms. The van der Waals surface area contributed by atoms with Gasteiger partial charge in [0.25, 0.3) is 0 Å². The molecule has 0 radical (unpaired) electrons. The van der Waals surface area contributed by atoms with Crippen LogP contribution in [-0.4, -0.2) is 9.97 Å². The van der Waals surface area contributed by atoms with Gasteiger partial charge in [-0.1, -0.05) is 29.8 Å². The van der Waals surface area contributed by atoms with Crippen LogP contribution in [0.25, 0.3) is 0 Å². The van der Waals surface area contributed by atoms with Crippen molar-refractivity contribution in [2.24, 2.45) is 0 Å². The molecule has 0 saturated heterocycles. The Morgan fingerprint density at radius 3 is 2.79 bits per heavy atom. The Morgan fingerprint density at radius 2 is 2.11 bits per heavy atom. The molecule has 0 aliphatic rings. The average Bonchev–Trinajstić information content (AvgIpc) is 2.35. The molecule has 0 unspecified atom stereocenters. The maximum absolute atomic E-state index is 5.78. The van der Waals surface area contributed by atoms with Gasteiger partial charge in [0.15, 0.2) is 0 Å². The zero-order chi connectivity index (χ0) is 14.0. The summed E-state index contributed by atoms with van der Waals surface area (Å²) in [5.41, 5.74) is 7.18. The summed E-state index contributed by atoms with van der Waals surface area (Å²) in [5, 5.41) is 0.104. The molecule has 2 N–H and O–H groups in total. The van der Waals surface area contributed by atoms with Crippen LogP contribution in [0.3, 0.4) is 0 Å². The Labute approximate surface area is 125 Å². The minimum Gasteiger partial charge on any atom is -0.437 e. The largest absolute Gasteiger partial charge is 0.437 e. The van der Waals surface area contributed by atoms with Gasteiger partial charge in [0.05, 0.1) is 6.20 Å². The van der Waals surface area contributed by atoms with E-state index in [0.29, 0.717) is 17.4 Å². The van der Waals surface area contributed by atoms with Gasteiger partial charge in [-0.3, -0.25) is 0 Å². The van der Waals surface area contributed by atoms with Crippen molar-refractivity contribution >= 4 is 33.2 Å². The molecule has 0 saturated carbocycles. The molecule has 0 aliphatic carbocycles. The van der Waals surface area contributed by atoms with Crippen LogP contribution >= 0.6 is 27.5 Å². The number of benzene rings is 1. The molecule has 0 amide bonds. The first-order valence-corrected chi connectivity index (χ1v) is 6.89. The lowest BCUT2D eigenvalue weighted by molar-refractivity contribution is 0.455. The zero-order valence-electron chi connectivity index (χ0n) is 10.5. The Hall–Kier alpha value is -1.33. The molecule has 2 rings (SSSR count). The van der Waals surface area contributed by atoms with Crippen LogP contribution in [0.2, 0.25) is 5.28 Å². The second-order valence-corrected chi connectivity index (χ2v) is 5.59. The van der Waals surface area contributed by atoms with Gasteiger partial charge in [-0.05, 0) is 41.3 Å². The van der Waals surface area contributed by atoms with Crippen molar-refractivity contribution in [1.82, 2.24) is 9.97 Å². The van der Waals surface area contributed by atoms with E-state index >= 15 is 0 Å². The molecule has 2 aromatic rings. The third-order valence-electron chi connectivity index (χ3n) is 2.55. The maximum atomic E-state index is 5.78. The summed E-state index contributed by atoms with van der Waals surface area (Å²) in [7, 11) is 0. The van der Waals surface area contributed by atoms with Gasteiger partial charge in [0.1, 0.15) is 11.4 Å². The Balaban J connectivity index is 2.40. The molecule has 1 heterocycles. The highest BCUT2D eigenvalue weighted by atomic mass is 79.9. The number of ether oxygens (including phenoxy) is 1. The van der Waals surface area contributed by atoms with Gasteiger partial charge in [-0.2, -0.15) is 4.98 Å². The van der Waals surface area contributed by atoms with Gasteiger partial charge < -0.3 is 10.5 Å². The molecule has 0 spiro atoms. The summed E-state index contributed by atoms with van der Waals surface area (Å²) in [5.74, 6) is 1.29. The molecule has 0 fully saturated rings. The molecule has 0 aliphatic heterocycles. The molecule has 4 nitrogen and oxygen atoms in total. The van der Waals surface area contributed by atoms with Gasteiger partial charge in [-0.25, -0.2) is 4.98 Å². The molecule has 19 heavy (non-hydrogen) atoms. The van der Waals surface area contributed by atoms with Crippen molar-refractivity contribution in [1.29, 1.82) is 0 Å². The fourth-order valence-electron chi connectivity index (χ4n) is 1.60. The Morgan fingerprint density at radius 1 is 1.37 bits per heavy atom. The number of aromatic nitrogens is 2. The van der Waals surface area contributed by atoms with Crippen LogP contribution in [0.4, 0.5) is 5.69 Å². The summed E-state index contributed by atoms with van der Waals surface area (Å²) < 4.78 is 6.75. The van der Waals surface area contributed by atoms with E-state index in [2.05, 4.69) is 39.7 Å². The lowest BCUT2D eigenvalue weighted by atomic mass is 10.0. The van der Waals surface area contributed by atoms with Gasteiger partial charge in [0.2, 0.25) is 11.2 Å². The van der Waals surface area contributed by atoms with Crippen LogP contribution < -0.4 is 10.5 Å². The number of nitrogens with two attached hydrogens (primary N) is 1. The Kier molecular flexibility index (Phi) is 4.27. The number of nitrogens with zero attached hydrogens (tertiary/aromatic N) is 2. The molecular formula is C13H13BrClN3O. The first-order chi connectivity index (χ1) is 8.97. The van der Waals surface area contributed by atoms with Crippen molar-refractivity contribution in [2.75, 3.05) is 5.73 Å². The van der Waals surface area contributed by atoms with E-state index in [-0.39, 0.29) is 11.2 Å². The van der Waals surface area contributed by atoms with Crippen molar-refractivity contribution in [3.8, 4) is 11.6 Å². The number of anilines is 1. The zero-order valence-corrected chi connectivity index (χ0v) is 12.9. The van der Waals surface area contributed by atoms with E-state index in [9.17, 15) is 0 Å². The van der Waals surface area contributed by atoms with E-state index in [1.54, 1.807) is 0 Å². The third kappa shape index (κ3) is 3.36. The van der Waals surface area contributed by atoms with Crippen LogP contribution in [0.15, 0.2) is 28.9 Å². The van der Waals surface area contributed by atoms with Gasteiger partial charge in [0, 0.05) is 4.47 Å². The van der Waals surface area contributed by atoms with Crippen LogP contribution in [-0.2, 0) is 0 Å². The SMILES string of the molecule is CC(C)c1cc(Br)ccc1Oc1nc(Cl)ncc1N. The second kappa shape index (κ2) is 5.75.